The minimum absolute atomic E-state index is 0.317. The number of rotatable bonds is 12. The molecule has 0 saturated heterocycles. The molecule has 162 valence electrons. The topological polar surface area (TPSA) is 61.4 Å². The molecule has 3 aromatic rings. The highest BCUT2D eigenvalue weighted by Crippen LogP contribution is 2.24. The molecule has 3 aromatic carbocycles. The Morgan fingerprint density at radius 3 is 1.90 bits per heavy atom. The van der Waals surface area contributed by atoms with Crippen molar-refractivity contribution >= 4 is 17.6 Å². The summed E-state index contributed by atoms with van der Waals surface area (Å²) in [5.41, 5.74) is 3.38. The Bertz CT molecular complexity index is 917. The molecule has 0 aliphatic carbocycles. The van der Waals surface area contributed by atoms with Gasteiger partial charge in [0, 0.05) is 17.6 Å². The number of carbonyl (C=O) groups is 1. The molecule has 0 aliphatic rings. The third-order valence-electron chi connectivity index (χ3n) is 5.37. The van der Waals surface area contributed by atoms with Gasteiger partial charge in [0.1, 0.15) is 0 Å². The lowest BCUT2D eigenvalue weighted by atomic mass is 9.92. The van der Waals surface area contributed by atoms with Crippen molar-refractivity contribution in [1.82, 2.24) is 10.6 Å². The monoisotopic (exact) mass is 436 g/mol. The number of benzene rings is 3. The summed E-state index contributed by atoms with van der Waals surface area (Å²) in [5.74, 6) is -1.42. The van der Waals surface area contributed by atoms with E-state index in [9.17, 15) is 9.90 Å². The smallest absolute Gasteiger partial charge is 0.309 e. The molecule has 0 heterocycles. The molecule has 5 heteroatoms. The van der Waals surface area contributed by atoms with Gasteiger partial charge >= 0.3 is 5.97 Å². The zero-order valence-corrected chi connectivity index (χ0v) is 18.3. The van der Waals surface area contributed by atoms with E-state index in [0.717, 1.165) is 24.9 Å². The fraction of sp³-hybridized carbons (Fsp3) is 0.269. The summed E-state index contributed by atoms with van der Waals surface area (Å²) in [5, 5.41) is 17.4. The van der Waals surface area contributed by atoms with Crippen molar-refractivity contribution in [2.45, 2.75) is 18.9 Å². The Balaban J connectivity index is 1.64. The summed E-state index contributed by atoms with van der Waals surface area (Å²) >= 11 is 6.05. The second kappa shape index (κ2) is 12.3. The van der Waals surface area contributed by atoms with Crippen LogP contribution >= 0.6 is 11.6 Å². The van der Waals surface area contributed by atoms with Gasteiger partial charge in [-0.3, -0.25) is 4.79 Å². The maximum absolute atomic E-state index is 12.2. The highest BCUT2D eigenvalue weighted by molar-refractivity contribution is 6.30. The standard InChI is InChI=1S/C26H29ClN2O2/c27-23-13-11-22(12-14-23)25(29-18-16-21-9-5-2-6-10-21)24(26(30)31)19-28-17-15-20-7-3-1-4-8-20/h1-14,24-25,28-29H,15-19H2,(H,30,31). The highest BCUT2D eigenvalue weighted by atomic mass is 35.5. The number of hydrogen-bond acceptors (Lipinski definition) is 3. The molecule has 0 radical (unpaired) electrons. The molecule has 0 aromatic heterocycles. The number of hydrogen-bond donors (Lipinski definition) is 3. The predicted molar refractivity (Wildman–Crippen MR) is 126 cm³/mol. The van der Waals surface area contributed by atoms with Gasteiger partial charge in [0.2, 0.25) is 0 Å². The summed E-state index contributed by atoms with van der Waals surface area (Å²) in [6.07, 6.45) is 1.69. The molecule has 0 fully saturated rings. The average molecular weight is 437 g/mol. The third-order valence-corrected chi connectivity index (χ3v) is 5.62. The minimum Gasteiger partial charge on any atom is -0.481 e. The maximum Gasteiger partial charge on any atom is 0.309 e. The summed E-state index contributed by atoms with van der Waals surface area (Å²) in [4.78, 5) is 12.2. The van der Waals surface area contributed by atoms with Gasteiger partial charge in [0.25, 0.3) is 0 Å². The number of halogens is 1. The molecule has 0 aliphatic heterocycles. The number of carboxylic acids is 1. The molecule has 2 unspecified atom stereocenters. The van der Waals surface area contributed by atoms with E-state index in [1.54, 1.807) is 0 Å². The van der Waals surface area contributed by atoms with E-state index in [2.05, 4.69) is 34.9 Å². The van der Waals surface area contributed by atoms with Crippen molar-refractivity contribution in [3.63, 3.8) is 0 Å². The largest absolute Gasteiger partial charge is 0.481 e. The van der Waals surface area contributed by atoms with Crippen molar-refractivity contribution in [1.29, 1.82) is 0 Å². The van der Waals surface area contributed by atoms with Crippen molar-refractivity contribution < 1.29 is 9.90 Å². The van der Waals surface area contributed by atoms with Gasteiger partial charge in [-0.1, -0.05) is 84.4 Å². The van der Waals surface area contributed by atoms with Crippen molar-refractivity contribution in [3.05, 3.63) is 107 Å². The molecule has 0 bridgehead atoms. The first kappa shape index (κ1) is 23.0. The Morgan fingerprint density at radius 2 is 1.35 bits per heavy atom. The van der Waals surface area contributed by atoms with Crippen molar-refractivity contribution in [2.75, 3.05) is 19.6 Å². The van der Waals surface area contributed by atoms with Crippen molar-refractivity contribution in [2.24, 2.45) is 5.92 Å². The van der Waals surface area contributed by atoms with Crippen LogP contribution in [0.5, 0.6) is 0 Å². The number of carboxylic acid groups (broad SMARTS) is 1. The fourth-order valence-corrected chi connectivity index (χ4v) is 3.79. The van der Waals surface area contributed by atoms with E-state index in [4.69, 9.17) is 11.6 Å². The van der Waals surface area contributed by atoms with E-state index < -0.39 is 11.9 Å². The predicted octanol–water partition coefficient (Wildman–Crippen LogP) is 4.75. The van der Waals surface area contributed by atoms with Crippen molar-refractivity contribution in [3.8, 4) is 0 Å². The maximum atomic E-state index is 12.2. The van der Waals surface area contributed by atoms with Gasteiger partial charge in [-0.25, -0.2) is 0 Å². The van der Waals surface area contributed by atoms with Gasteiger partial charge in [0.05, 0.1) is 5.92 Å². The van der Waals surface area contributed by atoms with E-state index >= 15 is 0 Å². The first-order chi connectivity index (χ1) is 15.1. The van der Waals surface area contributed by atoms with Crippen LogP contribution in [0.15, 0.2) is 84.9 Å². The van der Waals surface area contributed by atoms with Gasteiger partial charge in [-0.15, -0.1) is 0 Å². The molecule has 0 amide bonds. The lowest BCUT2D eigenvalue weighted by Crippen LogP contribution is -2.40. The van der Waals surface area contributed by atoms with Crippen LogP contribution < -0.4 is 10.6 Å². The average Bonchev–Trinajstić information content (AvgIpc) is 2.79. The molecule has 2 atom stereocenters. The van der Waals surface area contributed by atoms with E-state index in [1.165, 1.54) is 11.1 Å². The van der Waals surface area contributed by atoms with Crippen LogP contribution in [0.25, 0.3) is 0 Å². The quantitative estimate of drug-likeness (QED) is 0.359. The molecule has 4 nitrogen and oxygen atoms in total. The summed E-state index contributed by atoms with van der Waals surface area (Å²) < 4.78 is 0. The second-order valence-electron chi connectivity index (χ2n) is 7.60. The molecule has 3 N–H and O–H groups in total. The zero-order valence-electron chi connectivity index (χ0n) is 17.5. The second-order valence-corrected chi connectivity index (χ2v) is 8.04. The Labute approximate surface area is 189 Å². The Hall–Kier alpha value is -2.66. The van der Waals surface area contributed by atoms with Crippen LogP contribution in [0.3, 0.4) is 0 Å². The van der Waals surface area contributed by atoms with Gasteiger partial charge in [0.15, 0.2) is 0 Å². The van der Waals surface area contributed by atoms with E-state index in [1.807, 2.05) is 60.7 Å². The molecule has 31 heavy (non-hydrogen) atoms. The van der Waals surface area contributed by atoms with E-state index in [-0.39, 0.29) is 6.04 Å². The molecule has 3 rings (SSSR count). The Kier molecular flexibility index (Phi) is 9.10. The van der Waals surface area contributed by atoms with Crippen LogP contribution in [-0.2, 0) is 17.6 Å². The minimum atomic E-state index is -0.820. The Morgan fingerprint density at radius 1 is 0.806 bits per heavy atom. The van der Waals surface area contributed by atoms with Crippen LogP contribution in [0.4, 0.5) is 0 Å². The SMILES string of the molecule is O=C(O)C(CNCCc1ccccc1)C(NCCc1ccccc1)c1ccc(Cl)cc1. The van der Waals surface area contributed by atoms with Gasteiger partial charge in [-0.2, -0.15) is 0 Å². The fourth-order valence-electron chi connectivity index (χ4n) is 3.66. The first-order valence-electron chi connectivity index (χ1n) is 10.6. The van der Waals surface area contributed by atoms with Crippen LogP contribution in [0.1, 0.15) is 22.7 Å². The van der Waals surface area contributed by atoms with Gasteiger partial charge in [-0.05, 0) is 54.8 Å². The lowest BCUT2D eigenvalue weighted by Gasteiger charge is -2.26. The number of nitrogens with one attached hydrogen (secondary N) is 2. The van der Waals surface area contributed by atoms with Crippen LogP contribution in [0.2, 0.25) is 5.02 Å². The molecular formula is C26H29ClN2O2. The molecule has 0 spiro atoms. The van der Waals surface area contributed by atoms with Crippen LogP contribution in [0, 0.1) is 5.92 Å². The summed E-state index contributed by atoms with van der Waals surface area (Å²) in [6.45, 7) is 1.80. The van der Waals surface area contributed by atoms with Gasteiger partial charge < -0.3 is 15.7 Å². The van der Waals surface area contributed by atoms with Crippen LogP contribution in [-0.4, -0.2) is 30.7 Å². The lowest BCUT2D eigenvalue weighted by molar-refractivity contribution is -0.142. The molecule has 0 saturated carbocycles. The zero-order chi connectivity index (χ0) is 21.9. The first-order valence-corrected chi connectivity index (χ1v) is 11.0. The normalized spacial score (nSPS) is 12.9. The number of aliphatic carboxylic acids is 1. The van der Waals surface area contributed by atoms with E-state index in [0.29, 0.717) is 18.1 Å². The summed E-state index contributed by atoms with van der Waals surface area (Å²) in [6, 6.07) is 27.5. The third kappa shape index (κ3) is 7.51. The highest BCUT2D eigenvalue weighted by Gasteiger charge is 2.28. The summed E-state index contributed by atoms with van der Waals surface area (Å²) in [7, 11) is 0. The molecular weight excluding hydrogens is 408 g/mol.